The number of fused-ring (bicyclic) bond motifs is 1. The van der Waals surface area contributed by atoms with Crippen molar-refractivity contribution in [1.82, 2.24) is 0 Å². The quantitative estimate of drug-likeness (QED) is 0.692. The van der Waals surface area contributed by atoms with Gasteiger partial charge in [-0.15, -0.1) is 0 Å². The van der Waals surface area contributed by atoms with E-state index >= 15 is 0 Å². The lowest BCUT2D eigenvalue weighted by molar-refractivity contribution is -0.122. The smallest absolute Gasteiger partial charge is 0.265 e. The fourth-order valence-corrected chi connectivity index (χ4v) is 2.74. The third-order valence-electron chi connectivity index (χ3n) is 4.24. The van der Waals surface area contributed by atoms with Crippen molar-refractivity contribution in [2.75, 3.05) is 23.8 Å². The van der Waals surface area contributed by atoms with Gasteiger partial charge in [0.15, 0.2) is 11.9 Å². The van der Waals surface area contributed by atoms with Crippen LogP contribution in [0.5, 0.6) is 11.5 Å². The molecule has 1 amide bonds. The second kappa shape index (κ2) is 8.58. The van der Waals surface area contributed by atoms with E-state index in [2.05, 4.69) is 17.6 Å². The molecule has 2 N–H and O–H groups in total. The van der Waals surface area contributed by atoms with Crippen LogP contribution in [-0.4, -0.2) is 30.9 Å². The predicted octanol–water partition coefficient (Wildman–Crippen LogP) is 3.88. The third kappa shape index (κ3) is 4.78. The molecular weight excluding hydrogens is 344 g/mol. The highest BCUT2D eigenvalue weighted by Crippen LogP contribution is 2.32. The largest absolute Gasteiger partial charge is 0.494 e. The van der Waals surface area contributed by atoms with E-state index in [0.717, 1.165) is 17.9 Å². The summed E-state index contributed by atoms with van der Waals surface area (Å²) in [5.41, 5.74) is 2.13. The van der Waals surface area contributed by atoms with Crippen LogP contribution in [0.15, 0.2) is 42.5 Å². The van der Waals surface area contributed by atoms with Gasteiger partial charge in [0.25, 0.3) is 5.91 Å². The molecule has 0 radical (unpaired) electrons. The van der Waals surface area contributed by atoms with Crippen molar-refractivity contribution in [1.29, 1.82) is 0 Å². The summed E-state index contributed by atoms with van der Waals surface area (Å²) in [7, 11) is 0. The number of Topliss-reactive ketones (excluding diaryl/α,β-unsaturated/α-hetero) is 1. The monoisotopic (exact) mass is 368 g/mol. The van der Waals surface area contributed by atoms with Crippen LogP contribution in [0.1, 0.15) is 37.0 Å². The number of carbonyl (C=O) groups is 2. The zero-order valence-electron chi connectivity index (χ0n) is 15.6. The summed E-state index contributed by atoms with van der Waals surface area (Å²) in [5, 5.41) is 6.02. The summed E-state index contributed by atoms with van der Waals surface area (Å²) in [6.45, 7) is 4.92. The number of hydrogen-bond donors (Lipinski definition) is 2. The molecule has 142 valence electrons. The molecule has 0 aliphatic carbocycles. The van der Waals surface area contributed by atoms with Crippen LogP contribution in [0.2, 0.25) is 0 Å². The fraction of sp³-hybridized carbons (Fsp3) is 0.333. The zero-order chi connectivity index (χ0) is 19.2. The Morgan fingerprint density at radius 3 is 2.74 bits per heavy atom. The number of ketones is 1. The summed E-state index contributed by atoms with van der Waals surface area (Å²) in [6.07, 6.45) is 0.823. The molecule has 0 saturated carbocycles. The van der Waals surface area contributed by atoms with E-state index in [-0.39, 0.29) is 11.7 Å². The van der Waals surface area contributed by atoms with Crippen LogP contribution < -0.4 is 20.1 Å². The van der Waals surface area contributed by atoms with Crippen LogP contribution in [0.4, 0.5) is 11.4 Å². The molecule has 1 heterocycles. The maximum atomic E-state index is 12.3. The van der Waals surface area contributed by atoms with Crippen LogP contribution >= 0.6 is 0 Å². The summed E-state index contributed by atoms with van der Waals surface area (Å²) in [4.78, 5) is 24.0. The molecule has 0 fully saturated rings. The average molecular weight is 368 g/mol. The number of hydrogen-bond acceptors (Lipinski definition) is 5. The van der Waals surface area contributed by atoms with Gasteiger partial charge in [0.1, 0.15) is 11.5 Å². The first kappa shape index (κ1) is 18.8. The van der Waals surface area contributed by atoms with Crippen molar-refractivity contribution >= 4 is 23.1 Å². The van der Waals surface area contributed by atoms with Gasteiger partial charge in [-0.25, -0.2) is 0 Å². The number of carbonyl (C=O) groups excluding carboxylic acids is 2. The topological polar surface area (TPSA) is 76.7 Å². The van der Waals surface area contributed by atoms with Gasteiger partial charge < -0.3 is 20.1 Å². The van der Waals surface area contributed by atoms with E-state index in [9.17, 15) is 9.59 Å². The van der Waals surface area contributed by atoms with E-state index < -0.39 is 6.10 Å². The van der Waals surface area contributed by atoms with Crippen molar-refractivity contribution in [3.05, 3.63) is 48.0 Å². The Balaban J connectivity index is 1.51. The SMILES string of the molecule is CCCOc1ccc(C(=O)CCNc2ccc3c(c2)NC(=O)C(C)O3)cc1. The predicted molar refractivity (Wildman–Crippen MR) is 105 cm³/mol. The van der Waals surface area contributed by atoms with Gasteiger partial charge in [0.2, 0.25) is 0 Å². The summed E-state index contributed by atoms with van der Waals surface area (Å²) in [5.74, 6) is 1.32. The Labute approximate surface area is 158 Å². The van der Waals surface area contributed by atoms with Crippen LogP contribution in [-0.2, 0) is 4.79 Å². The number of benzene rings is 2. The molecule has 1 atom stereocenters. The minimum absolute atomic E-state index is 0.0629. The summed E-state index contributed by atoms with van der Waals surface area (Å²) in [6, 6.07) is 12.7. The molecule has 3 rings (SSSR count). The third-order valence-corrected chi connectivity index (χ3v) is 4.24. The van der Waals surface area contributed by atoms with Gasteiger partial charge in [-0.3, -0.25) is 9.59 Å². The number of ether oxygens (including phenoxy) is 2. The fourth-order valence-electron chi connectivity index (χ4n) is 2.74. The average Bonchev–Trinajstić information content (AvgIpc) is 2.67. The van der Waals surface area contributed by atoms with Crippen molar-refractivity contribution in [3.63, 3.8) is 0 Å². The lowest BCUT2D eigenvalue weighted by atomic mass is 10.1. The Hall–Kier alpha value is -3.02. The van der Waals surface area contributed by atoms with Crippen molar-refractivity contribution in [2.24, 2.45) is 0 Å². The minimum atomic E-state index is -0.493. The molecule has 6 heteroatoms. The van der Waals surface area contributed by atoms with Crippen LogP contribution in [0.25, 0.3) is 0 Å². The highest BCUT2D eigenvalue weighted by Gasteiger charge is 2.23. The molecule has 1 aliphatic rings. The van der Waals surface area contributed by atoms with Gasteiger partial charge in [-0.05, 0) is 55.8 Å². The first-order valence-corrected chi connectivity index (χ1v) is 9.18. The van der Waals surface area contributed by atoms with E-state index in [1.165, 1.54) is 0 Å². The molecule has 2 aromatic rings. The number of rotatable bonds is 8. The second-order valence-corrected chi connectivity index (χ2v) is 6.43. The van der Waals surface area contributed by atoms with E-state index in [1.807, 2.05) is 30.3 Å². The maximum Gasteiger partial charge on any atom is 0.265 e. The van der Waals surface area contributed by atoms with Gasteiger partial charge in [0, 0.05) is 24.2 Å². The van der Waals surface area contributed by atoms with Crippen molar-refractivity contribution in [2.45, 2.75) is 32.8 Å². The van der Waals surface area contributed by atoms with Crippen LogP contribution in [0, 0.1) is 0 Å². The van der Waals surface area contributed by atoms with E-state index in [4.69, 9.17) is 9.47 Å². The second-order valence-electron chi connectivity index (χ2n) is 6.43. The molecule has 1 unspecified atom stereocenters. The number of anilines is 2. The molecule has 27 heavy (non-hydrogen) atoms. The summed E-state index contributed by atoms with van der Waals surface area (Å²) >= 11 is 0. The molecule has 0 saturated heterocycles. The summed E-state index contributed by atoms with van der Waals surface area (Å²) < 4.78 is 11.1. The Kier molecular flexibility index (Phi) is 5.96. The number of nitrogens with one attached hydrogen (secondary N) is 2. The van der Waals surface area contributed by atoms with Crippen LogP contribution in [0.3, 0.4) is 0 Å². The Morgan fingerprint density at radius 2 is 2.00 bits per heavy atom. The van der Waals surface area contributed by atoms with Gasteiger partial charge in [-0.2, -0.15) is 0 Å². The standard InChI is InChI=1S/C21H24N2O4/c1-3-12-26-17-7-4-15(5-8-17)19(24)10-11-22-16-6-9-20-18(13-16)23-21(25)14(2)27-20/h4-9,13-14,22H,3,10-12H2,1-2H3,(H,23,25). The van der Waals surface area contributed by atoms with Crippen molar-refractivity contribution < 1.29 is 19.1 Å². The molecule has 0 spiro atoms. The van der Waals surface area contributed by atoms with Gasteiger partial charge >= 0.3 is 0 Å². The normalized spacial score (nSPS) is 15.3. The molecule has 2 aromatic carbocycles. The maximum absolute atomic E-state index is 12.3. The first-order valence-electron chi connectivity index (χ1n) is 9.18. The Bertz CT molecular complexity index is 817. The molecular formula is C21H24N2O4. The first-order chi connectivity index (χ1) is 13.1. The molecule has 1 aliphatic heterocycles. The van der Waals surface area contributed by atoms with E-state index in [0.29, 0.717) is 36.6 Å². The highest BCUT2D eigenvalue weighted by molar-refractivity contribution is 5.98. The van der Waals surface area contributed by atoms with E-state index in [1.54, 1.807) is 19.1 Å². The lowest BCUT2D eigenvalue weighted by Gasteiger charge is -2.23. The zero-order valence-corrected chi connectivity index (χ0v) is 15.6. The van der Waals surface area contributed by atoms with Gasteiger partial charge in [0.05, 0.1) is 12.3 Å². The highest BCUT2D eigenvalue weighted by atomic mass is 16.5. The van der Waals surface area contributed by atoms with Gasteiger partial charge in [-0.1, -0.05) is 6.92 Å². The molecule has 6 nitrogen and oxygen atoms in total. The lowest BCUT2D eigenvalue weighted by Crippen LogP contribution is -2.34. The van der Waals surface area contributed by atoms with Crippen molar-refractivity contribution in [3.8, 4) is 11.5 Å². The molecule has 0 aromatic heterocycles. The Morgan fingerprint density at radius 1 is 1.22 bits per heavy atom. The number of amides is 1. The molecule has 0 bridgehead atoms. The minimum Gasteiger partial charge on any atom is -0.494 e.